The van der Waals surface area contributed by atoms with E-state index in [1.165, 1.54) is 5.56 Å². The molecule has 1 unspecified atom stereocenters. The van der Waals surface area contributed by atoms with E-state index in [-0.39, 0.29) is 5.75 Å². The molecule has 0 aliphatic carbocycles. The highest BCUT2D eigenvalue weighted by Crippen LogP contribution is 2.26. The summed E-state index contributed by atoms with van der Waals surface area (Å²) >= 11 is 0. The van der Waals surface area contributed by atoms with Crippen molar-refractivity contribution in [3.8, 4) is 5.75 Å². The van der Waals surface area contributed by atoms with Crippen LogP contribution in [0.25, 0.3) is 0 Å². The van der Waals surface area contributed by atoms with E-state index < -0.39 is 5.60 Å². The third-order valence-corrected chi connectivity index (χ3v) is 3.31. The number of rotatable bonds is 4. The second-order valence-electron chi connectivity index (χ2n) is 5.01. The predicted octanol–water partition coefficient (Wildman–Crippen LogP) is 2.80. The molecule has 1 aromatic carbocycles. The number of aromatic hydroxyl groups is 1. The van der Waals surface area contributed by atoms with E-state index in [0.29, 0.717) is 6.42 Å². The summed E-state index contributed by atoms with van der Waals surface area (Å²) in [5, 5.41) is 19.8. The number of hydrogen-bond donors (Lipinski definition) is 2. The first-order valence-corrected chi connectivity index (χ1v) is 6.47. The Morgan fingerprint density at radius 1 is 1.11 bits per heavy atom. The fourth-order valence-corrected chi connectivity index (χ4v) is 2.04. The van der Waals surface area contributed by atoms with Crippen molar-refractivity contribution in [1.29, 1.82) is 0 Å². The van der Waals surface area contributed by atoms with Gasteiger partial charge in [-0.3, -0.25) is 4.98 Å². The molecule has 3 nitrogen and oxygen atoms in total. The fraction of sp³-hybridized carbons (Fsp3) is 0.312. The molecule has 0 aliphatic rings. The lowest BCUT2D eigenvalue weighted by molar-refractivity contribution is 0.0565. The minimum atomic E-state index is -0.992. The van der Waals surface area contributed by atoms with Gasteiger partial charge in [-0.2, -0.15) is 0 Å². The summed E-state index contributed by atoms with van der Waals surface area (Å²) in [5.41, 5.74) is 1.82. The van der Waals surface area contributed by atoms with Crippen LogP contribution < -0.4 is 0 Å². The Morgan fingerprint density at radius 3 is 2.32 bits per heavy atom. The first-order chi connectivity index (χ1) is 9.01. The van der Waals surface area contributed by atoms with Gasteiger partial charge >= 0.3 is 0 Å². The number of nitrogens with zero attached hydrogens (tertiary/aromatic N) is 1. The van der Waals surface area contributed by atoms with Gasteiger partial charge in [-0.15, -0.1) is 0 Å². The van der Waals surface area contributed by atoms with Crippen molar-refractivity contribution in [2.75, 3.05) is 0 Å². The summed E-state index contributed by atoms with van der Waals surface area (Å²) < 4.78 is 0. The van der Waals surface area contributed by atoms with E-state index in [1.807, 2.05) is 18.3 Å². The lowest BCUT2D eigenvalue weighted by Crippen LogP contribution is -2.24. The first-order valence-electron chi connectivity index (χ1n) is 6.47. The second-order valence-corrected chi connectivity index (χ2v) is 5.01. The van der Waals surface area contributed by atoms with Crippen LogP contribution >= 0.6 is 0 Å². The van der Waals surface area contributed by atoms with Crippen LogP contribution in [0, 0.1) is 0 Å². The Hall–Kier alpha value is -1.87. The number of aryl methyl sites for hydroxylation is 1. The van der Waals surface area contributed by atoms with Crippen molar-refractivity contribution in [3.05, 3.63) is 59.4 Å². The molecule has 0 saturated carbocycles. The van der Waals surface area contributed by atoms with Crippen LogP contribution in [0.3, 0.4) is 0 Å². The van der Waals surface area contributed by atoms with Gasteiger partial charge < -0.3 is 10.2 Å². The lowest BCUT2D eigenvalue weighted by Gasteiger charge is -2.23. The maximum atomic E-state index is 10.5. The molecule has 0 fully saturated rings. The Bertz CT molecular complexity index is 530. The quantitative estimate of drug-likeness (QED) is 0.885. The predicted molar refractivity (Wildman–Crippen MR) is 75.0 cm³/mol. The molecule has 0 bridgehead atoms. The summed E-state index contributed by atoms with van der Waals surface area (Å²) in [5.74, 6) is 0.199. The average Bonchev–Trinajstić information content (AvgIpc) is 2.40. The number of aromatic nitrogens is 1. The van der Waals surface area contributed by atoms with Crippen molar-refractivity contribution in [3.63, 3.8) is 0 Å². The fourth-order valence-electron chi connectivity index (χ4n) is 2.04. The molecule has 0 spiro atoms. The molecule has 19 heavy (non-hydrogen) atoms. The normalized spacial score (nSPS) is 14.1. The van der Waals surface area contributed by atoms with Crippen molar-refractivity contribution in [2.24, 2.45) is 0 Å². The van der Waals surface area contributed by atoms with Crippen LogP contribution in [0.15, 0.2) is 42.6 Å². The van der Waals surface area contributed by atoms with Gasteiger partial charge in [0.1, 0.15) is 5.75 Å². The summed E-state index contributed by atoms with van der Waals surface area (Å²) in [6.45, 7) is 3.85. The molecule has 100 valence electrons. The van der Waals surface area contributed by atoms with Crippen LogP contribution in [0.4, 0.5) is 0 Å². The van der Waals surface area contributed by atoms with Crippen LogP contribution in [-0.2, 0) is 18.4 Å². The zero-order chi connectivity index (χ0) is 13.9. The van der Waals surface area contributed by atoms with E-state index in [9.17, 15) is 10.2 Å². The van der Waals surface area contributed by atoms with Gasteiger partial charge in [0.2, 0.25) is 0 Å². The van der Waals surface area contributed by atoms with Gasteiger partial charge in [0.05, 0.1) is 5.60 Å². The lowest BCUT2D eigenvalue weighted by atomic mass is 9.91. The zero-order valence-electron chi connectivity index (χ0n) is 11.3. The maximum Gasteiger partial charge on any atom is 0.115 e. The van der Waals surface area contributed by atoms with E-state index in [0.717, 1.165) is 17.7 Å². The third-order valence-electron chi connectivity index (χ3n) is 3.31. The highest BCUT2D eigenvalue weighted by Gasteiger charge is 2.24. The Balaban J connectivity index is 2.17. The number of benzene rings is 1. The molecule has 3 heteroatoms. The number of aliphatic hydroxyl groups is 1. The summed E-state index contributed by atoms with van der Waals surface area (Å²) in [6.07, 6.45) is 3.26. The molecule has 0 radical (unpaired) electrons. The Kier molecular flexibility index (Phi) is 3.86. The molecule has 0 aliphatic heterocycles. The Morgan fingerprint density at radius 2 is 1.79 bits per heavy atom. The van der Waals surface area contributed by atoms with Gasteiger partial charge in [-0.1, -0.05) is 25.1 Å². The van der Waals surface area contributed by atoms with E-state index >= 15 is 0 Å². The van der Waals surface area contributed by atoms with Crippen molar-refractivity contribution < 1.29 is 10.2 Å². The summed E-state index contributed by atoms with van der Waals surface area (Å²) in [6, 6.07) is 10.6. The van der Waals surface area contributed by atoms with Crippen molar-refractivity contribution in [1.82, 2.24) is 4.98 Å². The highest BCUT2D eigenvalue weighted by atomic mass is 16.3. The minimum absolute atomic E-state index is 0.199. The molecule has 2 N–H and O–H groups in total. The largest absolute Gasteiger partial charge is 0.508 e. The van der Waals surface area contributed by atoms with E-state index in [4.69, 9.17) is 0 Å². The molecule has 1 atom stereocenters. The minimum Gasteiger partial charge on any atom is -0.508 e. The molecule has 2 rings (SSSR count). The number of hydrogen-bond acceptors (Lipinski definition) is 3. The van der Waals surface area contributed by atoms with Gasteiger partial charge in [0.15, 0.2) is 0 Å². The third kappa shape index (κ3) is 3.32. The van der Waals surface area contributed by atoms with Crippen LogP contribution in [0.1, 0.15) is 30.7 Å². The summed E-state index contributed by atoms with van der Waals surface area (Å²) in [7, 11) is 0. The van der Waals surface area contributed by atoms with Gasteiger partial charge in [-0.25, -0.2) is 0 Å². The molecule has 2 aromatic rings. The Labute approximate surface area is 113 Å². The smallest absolute Gasteiger partial charge is 0.115 e. The highest BCUT2D eigenvalue weighted by molar-refractivity contribution is 5.30. The summed E-state index contributed by atoms with van der Waals surface area (Å²) in [4.78, 5) is 4.37. The van der Waals surface area contributed by atoms with Gasteiger partial charge in [0, 0.05) is 18.3 Å². The number of phenols is 1. The van der Waals surface area contributed by atoms with Crippen molar-refractivity contribution >= 4 is 0 Å². The molecular formula is C16H19NO2. The van der Waals surface area contributed by atoms with Crippen LogP contribution in [0.5, 0.6) is 5.75 Å². The number of pyridine rings is 1. The van der Waals surface area contributed by atoms with Gasteiger partial charge in [0.25, 0.3) is 0 Å². The molecule has 1 aromatic heterocycles. The topological polar surface area (TPSA) is 53.4 Å². The molecule has 0 saturated heterocycles. The maximum absolute atomic E-state index is 10.5. The SMILES string of the molecule is CCc1ccc(CC(C)(O)c2ccc(O)cc2)nc1. The van der Waals surface area contributed by atoms with Crippen LogP contribution in [-0.4, -0.2) is 15.2 Å². The first kappa shape index (κ1) is 13.6. The van der Waals surface area contributed by atoms with Crippen LogP contribution in [0.2, 0.25) is 0 Å². The van der Waals surface area contributed by atoms with E-state index in [2.05, 4.69) is 11.9 Å². The zero-order valence-corrected chi connectivity index (χ0v) is 11.3. The number of phenolic OH excluding ortho intramolecular Hbond substituents is 1. The van der Waals surface area contributed by atoms with Gasteiger partial charge in [-0.05, 0) is 42.7 Å². The molecule has 1 heterocycles. The average molecular weight is 257 g/mol. The standard InChI is InChI=1S/C16H19NO2/c1-3-12-4-7-14(17-11-12)10-16(2,19)13-5-8-15(18)9-6-13/h4-9,11,18-19H,3,10H2,1-2H3. The van der Waals surface area contributed by atoms with Crippen molar-refractivity contribution in [2.45, 2.75) is 32.3 Å². The molecular weight excluding hydrogens is 238 g/mol. The van der Waals surface area contributed by atoms with E-state index in [1.54, 1.807) is 31.2 Å². The molecule has 0 amide bonds. The second kappa shape index (κ2) is 5.41. The monoisotopic (exact) mass is 257 g/mol.